The number of unbranched alkanes of at least 4 members (excludes halogenated alkanes) is 4. The number of rotatable bonds is 13. The van der Waals surface area contributed by atoms with Gasteiger partial charge in [-0.2, -0.15) is 4.98 Å². The van der Waals surface area contributed by atoms with Gasteiger partial charge in [0.1, 0.15) is 0 Å². The molecular weight excluding hydrogens is 475 g/mol. The van der Waals surface area contributed by atoms with Crippen LogP contribution in [0.3, 0.4) is 0 Å². The summed E-state index contributed by atoms with van der Waals surface area (Å²) in [6.45, 7) is 1.39. The number of hydrogen-bond donors (Lipinski definition) is 0. The second-order valence-electron chi connectivity index (χ2n) is 8.39. The summed E-state index contributed by atoms with van der Waals surface area (Å²) in [7, 11) is 0. The fourth-order valence-corrected chi connectivity index (χ4v) is 3.97. The molecule has 0 spiro atoms. The number of carboxylic acid groups (broad SMARTS) is 2. The summed E-state index contributed by atoms with van der Waals surface area (Å²) in [6.07, 6.45) is 13.8. The van der Waals surface area contributed by atoms with Gasteiger partial charge in [-0.25, -0.2) is 4.57 Å². The molecule has 1 aliphatic rings. The Bertz CT molecular complexity index is 1350. The Morgan fingerprint density at radius 3 is 2.50 bits per heavy atom. The summed E-state index contributed by atoms with van der Waals surface area (Å²) in [4.78, 5) is 32.3. The van der Waals surface area contributed by atoms with Gasteiger partial charge in [0.2, 0.25) is 11.1 Å². The van der Waals surface area contributed by atoms with Crippen LogP contribution in [0.1, 0.15) is 57.3 Å². The van der Waals surface area contributed by atoms with Gasteiger partial charge in [-0.1, -0.05) is 6.42 Å². The Kier molecular flexibility index (Phi) is 10.3. The Morgan fingerprint density at radius 1 is 1.00 bits per heavy atom. The van der Waals surface area contributed by atoms with Crippen molar-refractivity contribution in [3.63, 3.8) is 0 Å². The molecule has 0 saturated carbocycles. The zero-order valence-electron chi connectivity index (χ0n) is 20.4. The molecule has 0 aliphatic carbocycles. The van der Waals surface area contributed by atoms with E-state index in [4.69, 9.17) is 8.83 Å². The van der Waals surface area contributed by atoms with Crippen molar-refractivity contribution in [2.45, 2.75) is 57.9 Å². The SMILES string of the molecule is O=C([O-])CCCCCN1C=CC=c2o/c(=C/c3nc4c(ccc[n+]4CCCCCC(=O)[O-])o3)nc21.[Na+]. The number of pyridine rings is 1. The van der Waals surface area contributed by atoms with Crippen molar-refractivity contribution in [1.29, 1.82) is 0 Å². The number of allylic oxidation sites excluding steroid dienone is 1. The summed E-state index contributed by atoms with van der Waals surface area (Å²) in [6, 6.07) is 3.72. The number of carboxylic acids is 2. The zero-order valence-corrected chi connectivity index (χ0v) is 22.4. The minimum atomic E-state index is -1.02. The summed E-state index contributed by atoms with van der Waals surface area (Å²) >= 11 is 0. The van der Waals surface area contributed by atoms with Crippen molar-refractivity contribution in [1.82, 2.24) is 9.97 Å². The van der Waals surface area contributed by atoms with Crippen molar-refractivity contribution < 1.29 is 62.8 Å². The Labute approximate surface area is 229 Å². The summed E-state index contributed by atoms with van der Waals surface area (Å²) < 4.78 is 13.7. The molecule has 0 N–H and O–H groups in total. The second kappa shape index (κ2) is 13.4. The Balaban J connectivity index is 0.00000361. The number of hydrogen-bond acceptors (Lipinski definition) is 9. The van der Waals surface area contributed by atoms with Crippen molar-refractivity contribution >= 4 is 41.1 Å². The number of carbonyl (C=O) groups excluding carboxylic acids is 2. The van der Waals surface area contributed by atoms with Crippen molar-refractivity contribution in [2.75, 3.05) is 11.4 Å². The maximum atomic E-state index is 10.6. The van der Waals surface area contributed by atoms with Gasteiger partial charge in [0.05, 0.1) is 18.8 Å². The van der Waals surface area contributed by atoms with E-state index in [-0.39, 0.29) is 42.4 Å². The van der Waals surface area contributed by atoms with E-state index in [0.29, 0.717) is 59.8 Å². The van der Waals surface area contributed by atoms with E-state index in [1.165, 1.54) is 0 Å². The molecule has 3 aromatic rings. The van der Waals surface area contributed by atoms with Gasteiger partial charge in [0, 0.05) is 29.7 Å². The van der Waals surface area contributed by atoms with E-state index in [1.54, 1.807) is 6.08 Å². The van der Waals surface area contributed by atoms with Crippen LogP contribution in [0.5, 0.6) is 0 Å². The molecule has 184 valence electrons. The quantitative estimate of drug-likeness (QED) is 0.133. The molecule has 0 aromatic carbocycles. The summed E-state index contributed by atoms with van der Waals surface area (Å²) in [5.74, 6) is -0.969. The summed E-state index contributed by atoms with van der Waals surface area (Å²) in [5.41, 5.74) is 2.34. The molecular formula is C25H27N4NaO6. The normalized spacial score (nSPS) is 12.9. The van der Waals surface area contributed by atoms with Gasteiger partial charge < -0.3 is 33.5 Å². The number of carbonyl (C=O) groups is 2. The maximum Gasteiger partial charge on any atom is 1.00 e. The van der Waals surface area contributed by atoms with Crippen LogP contribution in [0.4, 0.5) is 5.82 Å². The smallest absolute Gasteiger partial charge is 0.550 e. The van der Waals surface area contributed by atoms with Gasteiger partial charge in [0.25, 0.3) is 0 Å². The Hall–Kier alpha value is -2.95. The molecule has 3 aromatic heterocycles. The number of aliphatic carboxylic acids is 2. The summed E-state index contributed by atoms with van der Waals surface area (Å²) in [5, 5.41) is 21.1. The topological polar surface area (TPSA) is 139 Å². The minimum Gasteiger partial charge on any atom is -0.550 e. The molecule has 0 atom stereocenters. The first-order chi connectivity index (χ1) is 17.0. The fourth-order valence-electron chi connectivity index (χ4n) is 3.97. The van der Waals surface area contributed by atoms with Gasteiger partial charge >= 0.3 is 41.1 Å². The van der Waals surface area contributed by atoms with Crippen LogP contribution in [0.15, 0.2) is 39.4 Å². The molecule has 4 rings (SSSR count). The fraction of sp³-hybridized carbons (Fsp3) is 0.400. The molecule has 4 heterocycles. The van der Waals surface area contributed by atoms with Gasteiger partial charge in [-0.15, -0.1) is 0 Å². The van der Waals surface area contributed by atoms with Crippen LogP contribution in [0.2, 0.25) is 0 Å². The third-order valence-corrected chi connectivity index (χ3v) is 5.68. The van der Waals surface area contributed by atoms with Crippen LogP contribution in [0, 0.1) is 0 Å². The predicted molar refractivity (Wildman–Crippen MR) is 121 cm³/mol. The first-order valence-electron chi connectivity index (χ1n) is 11.8. The van der Waals surface area contributed by atoms with Crippen molar-refractivity contribution in [3.05, 3.63) is 47.5 Å². The molecule has 10 nitrogen and oxygen atoms in total. The average Bonchev–Trinajstić information content (AvgIpc) is 3.42. The van der Waals surface area contributed by atoms with Gasteiger partial charge in [-0.05, 0) is 69.2 Å². The molecule has 0 radical (unpaired) electrons. The number of anilines is 1. The average molecular weight is 503 g/mol. The van der Waals surface area contributed by atoms with E-state index in [0.717, 1.165) is 25.7 Å². The molecule has 1 aliphatic heterocycles. The number of oxazole rings is 2. The van der Waals surface area contributed by atoms with Gasteiger partial charge in [0.15, 0.2) is 11.2 Å². The molecule has 0 fully saturated rings. The van der Waals surface area contributed by atoms with Gasteiger partial charge in [-0.3, -0.25) is 0 Å². The molecule has 0 saturated heterocycles. The minimum absolute atomic E-state index is 0. The van der Waals surface area contributed by atoms with E-state index >= 15 is 0 Å². The van der Waals surface area contributed by atoms with E-state index in [1.807, 2.05) is 46.1 Å². The third-order valence-electron chi connectivity index (χ3n) is 5.68. The Morgan fingerprint density at radius 2 is 1.75 bits per heavy atom. The van der Waals surface area contributed by atoms with Crippen LogP contribution >= 0.6 is 0 Å². The van der Waals surface area contributed by atoms with E-state index in [9.17, 15) is 19.8 Å². The molecule has 36 heavy (non-hydrogen) atoms. The first kappa shape index (κ1) is 27.6. The number of aryl methyl sites for hydroxylation is 1. The monoisotopic (exact) mass is 502 g/mol. The standard InChI is InChI=1S/C25H28N4O6.Na/c30-22(31)11-3-1-5-13-28-15-7-9-18-24(28)26-20(34-18)17-21-27-25-19(35-21)10-8-16-29(25)14-6-2-4-12-23(32)33;/h7-10,15-17H,1-6,11-14H2,(H-,30,31,32,33);/q;+1/p-1. The van der Waals surface area contributed by atoms with Crippen molar-refractivity contribution in [2.24, 2.45) is 0 Å². The van der Waals surface area contributed by atoms with Crippen LogP contribution in [0.25, 0.3) is 23.4 Å². The van der Waals surface area contributed by atoms with E-state index in [2.05, 4.69) is 9.97 Å². The largest absolute Gasteiger partial charge is 1.00 e. The van der Waals surface area contributed by atoms with Crippen LogP contribution in [-0.4, -0.2) is 28.5 Å². The molecule has 0 bridgehead atoms. The molecule has 0 amide bonds. The number of nitrogens with zero attached hydrogens (tertiary/aromatic N) is 4. The van der Waals surface area contributed by atoms with Crippen molar-refractivity contribution in [3.8, 4) is 0 Å². The van der Waals surface area contributed by atoms with Crippen LogP contribution in [-0.2, 0) is 16.1 Å². The zero-order chi connectivity index (χ0) is 24.6. The predicted octanol–water partition coefficient (Wildman–Crippen LogP) is -3.33. The number of aromatic nitrogens is 3. The van der Waals surface area contributed by atoms with Crippen LogP contribution < -0.4 is 60.2 Å². The third kappa shape index (κ3) is 7.52. The second-order valence-corrected chi connectivity index (χ2v) is 8.39. The van der Waals surface area contributed by atoms with E-state index < -0.39 is 11.9 Å². The number of fused-ring (bicyclic) bond motifs is 2. The molecule has 11 heteroatoms. The maximum absolute atomic E-state index is 10.6. The molecule has 0 unspecified atom stereocenters. The first-order valence-corrected chi connectivity index (χ1v) is 11.8.